The van der Waals surface area contributed by atoms with Crippen molar-refractivity contribution in [3.63, 3.8) is 0 Å². The smallest absolute Gasteiger partial charge is 0.158 e. The lowest BCUT2D eigenvalue weighted by Crippen LogP contribution is -2.14. The summed E-state index contributed by atoms with van der Waals surface area (Å²) in [4.78, 5) is 11.0. The molecule has 0 rings (SSSR count). The molecule has 0 bridgehead atoms. The zero-order valence-corrected chi connectivity index (χ0v) is 8.84. The van der Waals surface area contributed by atoms with Gasteiger partial charge in [-0.05, 0) is 20.3 Å². The van der Waals surface area contributed by atoms with Crippen LogP contribution in [0.15, 0.2) is 0 Å². The predicted octanol–water partition coefficient (Wildman–Crippen LogP) is 1.80. The molecule has 0 aromatic carbocycles. The zero-order valence-electron chi connectivity index (χ0n) is 8.84. The van der Waals surface area contributed by atoms with Crippen LogP contribution in [0.25, 0.3) is 0 Å². The van der Waals surface area contributed by atoms with Gasteiger partial charge in [0.25, 0.3) is 0 Å². The second-order valence-electron chi connectivity index (χ2n) is 3.26. The SMILES string of the molecule is CCCC(=O)COCCOC(C)C. The van der Waals surface area contributed by atoms with Crippen molar-refractivity contribution in [2.75, 3.05) is 19.8 Å². The molecule has 0 saturated heterocycles. The first-order chi connectivity index (χ1) is 6.16. The van der Waals surface area contributed by atoms with Gasteiger partial charge in [-0.3, -0.25) is 4.79 Å². The molecule has 78 valence electrons. The van der Waals surface area contributed by atoms with Gasteiger partial charge in [0, 0.05) is 6.42 Å². The number of ketones is 1. The van der Waals surface area contributed by atoms with E-state index in [0.29, 0.717) is 19.6 Å². The van der Waals surface area contributed by atoms with Crippen LogP contribution in [-0.2, 0) is 14.3 Å². The fourth-order valence-corrected chi connectivity index (χ4v) is 0.880. The minimum absolute atomic E-state index is 0.173. The molecule has 13 heavy (non-hydrogen) atoms. The molecule has 0 N–H and O–H groups in total. The van der Waals surface area contributed by atoms with Crippen molar-refractivity contribution in [2.45, 2.75) is 39.7 Å². The lowest BCUT2D eigenvalue weighted by Gasteiger charge is -2.07. The summed E-state index contributed by atoms with van der Waals surface area (Å²) in [5, 5.41) is 0. The zero-order chi connectivity index (χ0) is 10.1. The molecule has 3 nitrogen and oxygen atoms in total. The molecule has 0 unspecified atom stereocenters. The number of hydrogen-bond donors (Lipinski definition) is 0. The van der Waals surface area contributed by atoms with Crippen molar-refractivity contribution in [1.29, 1.82) is 0 Å². The third-order valence-corrected chi connectivity index (χ3v) is 1.47. The maximum Gasteiger partial charge on any atom is 0.158 e. The van der Waals surface area contributed by atoms with Crippen molar-refractivity contribution < 1.29 is 14.3 Å². The molecule has 0 aliphatic carbocycles. The van der Waals surface area contributed by atoms with Crippen molar-refractivity contribution in [1.82, 2.24) is 0 Å². The number of hydrogen-bond acceptors (Lipinski definition) is 3. The van der Waals surface area contributed by atoms with Crippen molar-refractivity contribution in [3.05, 3.63) is 0 Å². The van der Waals surface area contributed by atoms with E-state index in [9.17, 15) is 4.79 Å². The summed E-state index contributed by atoms with van der Waals surface area (Å²) in [5.74, 6) is 0.173. The van der Waals surface area contributed by atoms with E-state index >= 15 is 0 Å². The lowest BCUT2D eigenvalue weighted by molar-refractivity contribution is -0.124. The molecule has 0 amide bonds. The Morgan fingerprint density at radius 2 is 2.00 bits per heavy atom. The topological polar surface area (TPSA) is 35.5 Å². The Morgan fingerprint density at radius 3 is 2.54 bits per heavy atom. The van der Waals surface area contributed by atoms with Crippen LogP contribution < -0.4 is 0 Å². The van der Waals surface area contributed by atoms with Crippen molar-refractivity contribution in [3.8, 4) is 0 Å². The van der Waals surface area contributed by atoms with Gasteiger partial charge in [-0.15, -0.1) is 0 Å². The molecule has 3 heteroatoms. The summed E-state index contributed by atoms with van der Waals surface area (Å²) in [7, 11) is 0. The van der Waals surface area contributed by atoms with Gasteiger partial charge in [0.15, 0.2) is 5.78 Å². The number of rotatable bonds is 8. The number of carbonyl (C=O) groups is 1. The Morgan fingerprint density at radius 1 is 1.31 bits per heavy atom. The third kappa shape index (κ3) is 9.50. The summed E-state index contributed by atoms with van der Waals surface area (Å²) in [6.07, 6.45) is 1.74. The van der Waals surface area contributed by atoms with Crippen molar-refractivity contribution in [2.24, 2.45) is 0 Å². The maximum atomic E-state index is 11.0. The summed E-state index contributed by atoms with van der Waals surface area (Å²) in [5.41, 5.74) is 0. The standard InChI is InChI=1S/C10H20O3/c1-4-5-10(11)8-12-6-7-13-9(2)3/h9H,4-8H2,1-3H3. The van der Waals surface area contributed by atoms with E-state index < -0.39 is 0 Å². The van der Waals surface area contributed by atoms with Crippen LogP contribution in [-0.4, -0.2) is 31.7 Å². The Bertz CT molecular complexity index is 132. The molecule has 0 aliphatic rings. The molecule has 0 aromatic rings. The van der Waals surface area contributed by atoms with E-state index in [1.54, 1.807) is 0 Å². The Kier molecular flexibility index (Phi) is 7.94. The average Bonchev–Trinajstić information content (AvgIpc) is 2.03. The Hall–Kier alpha value is -0.410. The Labute approximate surface area is 80.4 Å². The van der Waals surface area contributed by atoms with E-state index in [4.69, 9.17) is 9.47 Å². The molecule has 0 atom stereocenters. The van der Waals surface area contributed by atoms with Gasteiger partial charge in [-0.1, -0.05) is 6.92 Å². The average molecular weight is 188 g/mol. The summed E-state index contributed by atoms with van der Waals surface area (Å²) >= 11 is 0. The normalized spacial score (nSPS) is 10.8. The largest absolute Gasteiger partial charge is 0.376 e. The van der Waals surface area contributed by atoms with Gasteiger partial charge in [-0.2, -0.15) is 0 Å². The molecule has 0 radical (unpaired) electrons. The summed E-state index contributed by atoms with van der Waals surface area (Å²) in [6.45, 7) is 7.24. The van der Waals surface area contributed by atoms with E-state index in [-0.39, 0.29) is 18.5 Å². The molecular formula is C10H20O3. The van der Waals surface area contributed by atoms with Crippen LogP contribution >= 0.6 is 0 Å². The van der Waals surface area contributed by atoms with Gasteiger partial charge in [0.2, 0.25) is 0 Å². The number of carbonyl (C=O) groups excluding carboxylic acids is 1. The van der Waals surface area contributed by atoms with Crippen molar-refractivity contribution >= 4 is 5.78 Å². The fourth-order valence-electron chi connectivity index (χ4n) is 0.880. The molecule has 0 heterocycles. The highest BCUT2D eigenvalue weighted by Gasteiger charge is 1.99. The van der Waals surface area contributed by atoms with Gasteiger partial charge in [-0.25, -0.2) is 0 Å². The summed E-state index contributed by atoms with van der Waals surface area (Å²) in [6, 6.07) is 0. The predicted molar refractivity (Wildman–Crippen MR) is 51.8 cm³/mol. The monoisotopic (exact) mass is 188 g/mol. The highest BCUT2D eigenvalue weighted by atomic mass is 16.5. The van der Waals surface area contributed by atoms with E-state index in [1.165, 1.54) is 0 Å². The minimum Gasteiger partial charge on any atom is -0.376 e. The van der Waals surface area contributed by atoms with E-state index in [0.717, 1.165) is 6.42 Å². The molecule has 0 saturated carbocycles. The number of Topliss-reactive ketones (excluding diaryl/α,β-unsaturated/α-hetero) is 1. The maximum absolute atomic E-state index is 11.0. The van der Waals surface area contributed by atoms with Crippen LogP contribution in [0, 0.1) is 0 Å². The highest BCUT2D eigenvalue weighted by molar-refractivity contribution is 5.79. The molecule has 0 spiro atoms. The minimum atomic E-state index is 0.173. The van der Waals surface area contributed by atoms with Gasteiger partial charge < -0.3 is 9.47 Å². The first kappa shape index (κ1) is 12.6. The van der Waals surface area contributed by atoms with Crippen LogP contribution in [0.1, 0.15) is 33.6 Å². The van der Waals surface area contributed by atoms with E-state index in [2.05, 4.69) is 0 Å². The molecule has 0 fully saturated rings. The van der Waals surface area contributed by atoms with Gasteiger partial charge in [0.1, 0.15) is 6.61 Å². The van der Waals surface area contributed by atoms with E-state index in [1.807, 2.05) is 20.8 Å². The fraction of sp³-hybridized carbons (Fsp3) is 0.900. The molecule has 0 aromatic heterocycles. The first-order valence-corrected chi connectivity index (χ1v) is 4.87. The first-order valence-electron chi connectivity index (χ1n) is 4.87. The third-order valence-electron chi connectivity index (χ3n) is 1.47. The van der Waals surface area contributed by atoms with Gasteiger partial charge in [0.05, 0.1) is 19.3 Å². The molecule has 0 aliphatic heterocycles. The lowest BCUT2D eigenvalue weighted by atomic mass is 10.2. The number of ether oxygens (including phenoxy) is 2. The van der Waals surface area contributed by atoms with Crippen LogP contribution in [0.2, 0.25) is 0 Å². The van der Waals surface area contributed by atoms with Crippen LogP contribution in [0.4, 0.5) is 0 Å². The second-order valence-corrected chi connectivity index (χ2v) is 3.26. The van der Waals surface area contributed by atoms with Crippen LogP contribution in [0.3, 0.4) is 0 Å². The van der Waals surface area contributed by atoms with Crippen LogP contribution in [0.5, 0.6) is 0 Å². The molecular weight excluding hydrogens is 168 g/mol. The second kappa shape index (κ2) is 8.20. The summed E-state index contributed by atoms with van der Waals surface area (Å²) < 4.78 is 10.4. The van der Waals surface area contributed by atoms with Gasteiger partial charge >= 0.3 is 0 Å². The Balaban J connectivity index is 3.11. The quantitative estimate of drug-likeness (QED) is 0.545. The highest BCUT2D eigenvalue weighted by Crippen LogP contribution is 1.91.